The van der Waals surface area contributed by atoms with Crippen molar-refractivity contribution in [3.63, 3.8) is 0 Å². The van der Waals surface area contributed by atoms with Gasteiger partial charge < -0.3 is 5.32 Å². The molecule has 2 rings (SSSR count). The lowest BCUT2D eigenvalue weighted by atomic mass is 10.00. The number of aryl methyl sites for hydroxylation is 1. The zero-order valence-corrected chi connectivity index (χ0v) is 10.9. The van der Waals surface area contributed by atoms with Gasteiger partial charge >= 0.3 is 0 Å². The fourth-order valence-corrected chi connectivity index (χ4v) is 2.76. The molecule has 1 N–H and O–H groups in total. The van der Waals surface area contributed by atoms with E-state index in [1.807, 2.05) is 24.4 Å². The molecule has 17 heavy (non-hydrogen) atoms. The number of thiophene rings is 1. The van der Waals surface area contributed by atoms with Gasteiger partial charge in [0, 0.05) is 4.88 Å². The van der Waals surface area contributed by atoms with E-state index in [-0.39, 0.29) is 11.9 Å². The standard InChI is InChI=1S/C14H16FNS/c1-3-16-14(13-5-4-8-17-13)12-9-11(15)7-6-10(12)2/h4-9,14,16H,3H2,1-2H3. The summed E-state index contributed by atoms with van der Waals surface area (Å²) in [6, 6.07) is 9.18. The Morgan fingerprint density at radius 1 is 1.35 bits per heavy atom. The van der Waals surface area contributed by atoms with E-state index in [1.165, 1.54) is 10.9 Å². The lowest BCUT2D eigenvalue weighted by Crippen LogP contribution is -2.22. The van der Waals surface area contributed by atoms with E-state index in [4.69, 9.17) is 0 Å². The maximum atomic E-state index is 13.4. The second kappa shape index (κ2) is 5.43. The van der Waals surface area contributed by atoms with E-state index in [2.05, 4.69) is 18.3 Å². The molecule has 90 valence electrons. The number of hydrogen-bond acceptors (Lipinski definition) is 2. The van der Waals surface area contributed by atoms with Gasteiger partial charge in [0.1, 0.15) is 5.82 Å². The Kier molecular flexibility index (Phi) is 3.92. The monoisotopic (exact) mass is 249 g/mol. The van der Waals surface area contributed by atoms with Gasteiger partial charge in [-0.1, -0.05) is 19.1 Å². The molecule has 0 saturated carbocycles. The summed E-state index contributed by atoms with van der Waals surface area (Å²) < 4.78 is 13.4. The van der Waals surface area contributed by atoms with Crippen molar-refractivity contribution in [1.82, 2.24) is 5.32 Å². The first-order valence-corrected chi connectivity index (χ1v) is 6.63. The molecule has 0 aliphatic rings. The SMILES string of the molecule is CCNC(c1cccs1)c1cc(F)ccc1C. The minimum Gasteiger partial charge on any atom is -0.306 e. The molecule has 0 aliphatic heterocycles. The van der Waals surface area contributed by atoms with Crippen LogP contribution in [0.1, 0.15) is 29.0 Å². The second-order valence-corrected chi connectivity index (χ2v) is 4.99. The Bertz CT molecular complexity index is 479. The summed E-state index contributed by atoms with van der Waals surface area (Å²) in [6.45, 7) is 4.94. The number of benzene rings is 1. The molecule has 1 heterocycles. The Balaban J connectivity index is 2.42. The van der Waals surface area contributed by atoms with Crippen molar-refractivity contribution in [2.24, 2.45) is 0 Å². The van der Waals surface area contributed by atoms with E-state index in [1.54, 1.807) is 17.4 Å². The largest absolute Gasteiger partial charge is 0.306 e. The third kappa shape index (κ3) is 2.73. The van der Waals surface area contributed by atoms with Gasteiger partial charge in [0.05, 0.1) is 6.04 Å². The topological polar surface area (TPSA) is 12.0 Å². The van der Waals surface area contributed by atoms with Crippen LogP contribution in [-0.4, -0.2) is 6.54 Å². The second-order valence-electron chi connectivity index (χ2n) is 4.01. The highest BCUT2D eigenvalue weighted by molar-refractivity contribution is 7.10. The van der Waals surface area contributed by atoms with Crippen LogP contribution in [0.4, 0.5) is 4.39 Å². The third-order valence-electron chi connectivity index (χ3n) is 2.79. The zero-order valence-electron chi connectivity index (χ0n) is 10.0. The van der Waals surface area contributed by atoms with Crippen LogP contribution in [-0.2, 0) is 0 Å². The van der Waals surface area contributed by atoms with Gasteiger partial charge in [0.2, 0.25) is 0 Å². The van der Waals surface area contributed by atoms with Crippen LogP contribution in [0, 0.1) is 12.7 Å². The summed E-state index contributed by atoms with van der Waals surface area (Å²) in [6.07, 6.45) is 0. The van der Waals surface area contributed by atoms with Crippen LogP contribution in [0.2, 0.25) is 0 Å². The van der Waals surface area contributed by atoms with Crippen LogP contribution >= 0.6 is 11.3 Å². The molecular weight excluding hydrogens is 233 g/mol. The van der Waals surface area contributed by atoms with Gasteiger partial charge in [-0.05, 0) is 48.2 Å². The summed E-state index contributed by atoms with van der Waals surface area (Å²) in [7, 11) is 0. The molecule has 0 amide bonds. The molecule has 0 saturated heterocycles. The Morgan fingerprint density at radius 2 is 2.18 bits per heavy atom. The van der Waals surface area contributed by atoms with Crippen LogP contribution in [0.3, 0.4) is 0 Å². The molecule has 0 aliphatic carbocycles. The van der Waals surface area contributed by atoms with Crippen molar-refractivity contribution in [2.45, 2.75) is 19.9 Å². The molecule has 0 fully saturated rings. The average molecular weight is 249 g/mol. The van der Waals surface area contributed by atoms with Gasteiger partial charge in [-0.2, -0.15) is 0 Å². The first-order chi connectivity index (χ1) is 8.22. The molecule has 0 radical (unpaired) electrons. The fraction of sp³-hybridized carbons (Fsp3) is 0.286. The average Bonchev–Trinajstić information content (AvgIpc) is 2.83. The predicted octanol–water partition coefficient (Wildman–Crippen LogP) is 3.89. The van der Waals surface area contributed by atoms with Crippen molar-refractivity contribution >= 4 is 11.3 Å². The van der Waals surface area contributed by atoms with Crippen LogP contribution < -0.4 is 5.32 Å². The van der Waals surface area contributed by atoms with Crippen LogP contribution in [0.25, 0.3) is 0 Å². The fourth-order valence-electron chi connectivity index (χ4n) is 1.95. The van der Waals surface area contributed by atoms with E-state index in [0.29, 0.717) is 0 Å². The maximum Gasteiger partial charge on any atom is 0.123 e. The molecule has 1 aromatic heterocycles. The molecule has 1 atom stereocenters. The Morgan fingerprint density at radius 3 is 2.82 bits per heavy atom. The van der Waals surface area contributed by atoms with Crippen molar-refractivity contribution < 1.29 is 4.39 Å². The molecule has 3 heteroatoms. The van der Waals surface area contributed by atoms with E-state index >= 15 is 0 Å². The summed E-state index contributed by atoms with van der Waals surface area (Å²) in [5.41, 5.74) is 2.14. The molecule has 2 aromatic rings. The quantitative estimate of drug-likeness (QED) is 0.866. The molecule has 1 aromatic carbocycles. The van der Waals surface area contributed by atoms with Crippen molar-refractivity contribution in [3.8, 4) is 0 Å². The van der Waals surface area contributed by atoms with Crippen molar-refractivity contribution in [1.29, 1.82) is 0 Å². The van der Waals surface area contributed by atoms with Crippen LogP contribution in [0.5, 0.6) is 0 Å². The van der Waals surface area contributed by atoms with Gasteiger partial charge in [-0.15, -0.1) is 11.3 Å². The van der Waals surface area contributed by atoms with Gasteiger partial charge in [-0.25, -0.2) is 4.39 Å². The highest BCUT2D eigenvalue weighted by atomic mass is 32.1. The van der Waals surface area contributed by atoms with E-state index in [0.717, 1.165) is 17.7 Å². The van der Waals surface area contributed by atoms with E-state index < -0.39 is 0 Å². The third-order valence-corrected chi connectivity index (χ3v) is 3.73. The van der Waals surface area contributed by atoms with Crippen molar-refractivity contribution in [2.75, 3.05) is 6.54 Å². The highest BCUT2D eigenvalue weighted by Crippen LogP contribution is 2.28. The molecule has 1 unspecified atom stereocenters. The number of halogens is 1. The van der Waals surface area contributed by atoms with Crippen LogP contribution in [0.15, 0.2) is 35.7 Å². The first-order valence-electron chi connectivity index (χ1n) is 5.75. The molecular formula is C14H16FNS. The predicted molar refractivity (Wildman–Crippen MR) is 71.0 cm³/mol. The smallest absolute Gasteiger partial charge is 0.123 e. The Labute approximate surface area is 105 Å². The highest BCUT2D eigenvalue weighted by Gasteiger charge is 2.16. The lowest BCUT2D eigenvalue weighted by molar-refractivity contribution is 0.604. The van der Waals surface area contributed by atoms with Gasteiger partial charge in [0.15, 0.2) is 0 Å². The lowest BCUT2D eigenvalue weighted by Gasteiger charge is -2.19. The summed E-state index contributed by atoms with van der Waals surface area (Å²) >= 11 is 1.70. The number of nitrogens with one attached hydrogen (secondary N) is 1. The van der Waals surface area contributed by atoms with Crippen molar-refractivity contribution in [3.05, 3.63) is 57.5 Å². The minimum absolute atomic E-state index is 0.0932. The summed E-state index contributed by atoms with van der Waals surface area (Å²) in [5, 5.41) is 5.46. The van der Waals surface area contributed by atoms with E-state index in [9.17, 15) is 4.39 Å². The van der Waals surface area contributed by atoms with Gasteiger partial charge in [0.25, 0.3) is 0 Å². The molecule has 0 bridgehead atoms. The molecule has 0 spiro atoms. The maximum absolute atomic E-state index is 13.4. The first kappa shape index (κ1) is 12.3. The molecule has 1 nitrogen and oxygen atoms in total. The normalized spacial score (nSPS) is 12.6. The zero-order chi connectivity index (χ0) is 12.3. The Hall–Kier alpha value is -1.19. The minimum atomic E-state index is -0.176. The number of hydrogen-bond donors (Lipinski definition) is 1. The van der Waals surface area contributed by atoms with Gasteiger partial charge in [-0.3, -0.25) is 0 Å². The number of rotatable bonds is 4. The summed E-state index contributed by atoms with van der Waals surface area (Å²) in [5.74, 6) is -0.176. The summed E-state index contributed by atoms with van der Waals surface area (Å²) in [4.78, 5) is 1.22.